The quantitative estimate of drug-likeness (QED) is 0.590. The normalized spacial score (nSPS) is 11.9. The number of hydrogen-bond acceptors (Lipinski definition) is 6. The number of aliphatic carboxylic acids is 1. The van der Waals surface area contributed by atoms with Crippen molar-refractivity contribution in [3.8, 4) is 10.7 Å². The van der Waals surface area contributed by atoms with Gasteiger partial charge in [0.15, 0.2) is 0 Å². The molecule has 0 aliphatic rings. The molecular weight excluding hydrogens is 378 g/mol. The topological polar surface area (TPSA) is 96.5 Å². The first kappa shape index (κ1) is 19.8. The smallest absolute Gasteiger partial charge is 0.326 e. The maximum atomic E-state index is 12.7. The fourth-order valence-corrected chi connectivity index (χ4v) is 3.40. The van der Waals surface area contributed by atoms with Gasteiger partial charge in [-0.2, -0.15) is 4.98 Å². The summed E-state index contributed by atoms with van der Waals surface area (Å²) in [6.07, 6.45) is 1.18. The lowest BCUT2D eigenvalue weighted by atomic mass is 10.1. The lowest BCUT2D eigenvalue weighted by Gasteiger charge is -2.26. The number of benzene rings is 1. The number of amides is 1. The second kappa shape index (κ2) is 9.27. The van der Waals surface area contributed by atoms with Crippen LogP contribution in [0.2, 0.25) is 0 Å². The minimum Gasteiger partial charge on any atom is -0.480 e. The summed E-state index contributed by atoms with van der Waals surface area (Å²) in [7, 11) is 0. The molecule has 0 saturated carbocycles. The molecule has 0 aliphatic carbocycles. The number of thiophene rings is 1. The summed E-state index contributed by atoms with van der Waals surface area (Å²) in [6, 6.07) is 12.3. The van der Waals surface area contributed by atoms with Crippen molar-refractivity contribution in [3.05, 3.63) is 59.3 Å². The summed E-state index contributed by atoms with van der Waals surface area (Å²) in [5.41, 5.74) is 0.890. The zero-order chi connectivity index (χ0) is 19.9. The van der Waals surface area contributed by atoms with E-state index in [0.29, 0.717) is 24.6 Å². The van der Waals surface area contributed by atoms with E-state index in [1.807, 2.05) is 47.8 Å². The summed E-state index contributed by atoms with van der Waals surface area (Å²) in [5, 5.41) is 15.2. The summed E-state index contributed by atoms with van der Waals surface area (Å²) in [6.45, 7) is 1.78. The Morgan fingerprint density at radius 1 is 1.21 bits per heavy atom. The number of hydrogen-bond donors (Lipinski definition) is 1. The Kier molecular flexibility index (Phi) is 6.54. The largest absolute Gasteiger partial charge is 0.480 e. The third-order valence-electron chi connectivity index (χ3n) is 4.33. The van der Waals surface area contributed by atoms with Gasteiger partial charge in [0.25, 0.3) is 0 Å². The van der Waals surface area contributed by atoms with Crippen LogP contribution in [0.15, 0.2) is 52.4 Å². The molecule has 0 bridgehead atoms. The first-order chi connectivity index (χ1) is 13.5. The van der Waals surface area contributed by atoms with Crippen LogP contribution in [0, 0.1) is 0 Å². The Bertz CT molecular complexity index is 909. The average molecular weight is 399 g/mol. The maximum absolute atomic E-state index is 12.7. The fraction of sp³-hybridized carbons (Fsp3) is 0.300. The van der Waals surface area contributed by atoms with Crippen molar-refractivity contribution >= 4 is 23.2 Å². The molecule has 0 radical (unpaired) electrons. The van der Waals surface area contributed by atoms with E-state index in [2.05, 4.69) is 10.1 Å². The third kappa shape index (κ3) is 5.04. The van der Waals surface area contributed by atoms with Gasteiger partial charge in [-0.05, 0) is 30.4 Å². The average Bonchev–Trinajstić information content (AvgIpc) is 3.38. The van der Waals surface area contributed by atoms with Crippen molar-refractivity contribution in [2.24, 2.45) is 0 Å². The minimum absolute atomic E-state index is 0.209. The number of rotatable bonds is 9. The highest BCUT2D eigenvalue weighted by molar-refractivity contribution is 7.13. The highest BCUT2D eigenvalue weighted by Crippen LogP contribution is 2.21. The summed E-state index contributed by atoms with van der Waals surface area (Å²) in [4.78, 5) is 30.7. The van der Waals surface area contributed by atoms with Crippen molar-refractivity contribution < 1.29 is 19.2 Å². The Morgan fingerprint density at radius 3 is 2.68 bits per heavy atom. The van der Waals surface area contributed by atoms with Gasteiger partial charge >= 0.3 is 5.97 Å². The first-order valence-electron chi connectivity index (χ1n) is 8.97. The molecule has 146 valence electrons. The number of nitrogens with zero attached hydrogens (tertiary/aromatic N) is 3. The van der Waals surface area contributed by atoms with Crippen molar-refractivity contribution in [1.82, 2.24) is 15.0 Å². The van der Waals surface area contributed by atoms with Gasteiger partial charge < -0.3 is 14.5 Å². The second-order valence-corrected chi connectivity index (χ2v) is 7.31. The van der Waals surface area contributed by atoms with Gasteiger partial charge in [0, 0.05) is 19.4 Å². The van der Waals surface area contributed by atoms with Crippen molar-refractivity contribution in [3.63, 3.8) is 0 Å². The molecule has 1 amide bonds. The summed E-state index contributed by atoms with van der Waals surface area (Å²) >= 11 is 1.53. The minimum atomic E-state index is -1.03. The number of aryl methyl sites for hydroxylation is 1. The van der Waals surface area contributed by atoms with E-state index in [9.17, 15) is 14.7 Å². The molecule has 0 aliphatic heterocycles. The van der Waals surface area contributed by atoms with Gasteiger partial charge in [-0.1, -0.05) is 41.6 Å². The third-order valence-corrected chi connectivity index (χ3v) is 5.20. The zero-order valence-corrected chi connectivity index (χ0v) is 16.3. The summed E-state index contributed by atoms with van der Waals surface area (Å²) in [5.74, 6) is -0.225. The molecule has 2 heterocycles. The van der Waals surface area contributed by atoms with E-state index >= 15 is 0 Å². The standard InChI is InChI=1S/C20H21N3O4S/c1-14(20(25)26)23(13-15-7-3-2-4-8-15)18(24)11-5-10-17-21-19(22-27-17)16-9-6-12-28-16/h2-4,6-9,12,14H,5,10-11,13H2,1H3,(H,25,26). The maximum Gasteiger partial charge on any atom is 0.326 e. The molecule has 3 rings (SSSR count). The van der Waals surface area contributed by atoms with E-state index in [4.69, 9.17) is 4.52 Å². The Labute approximate surface area is 166 Å². The number of carbonyl (C=O) groups is 2. The van der Waals surface area contributed by atoms with Crippen molar-refractivity contribution in [2.45, 2.75) is 38.8 Å². The van der Waals surface area contributed by atoms with Crippen LogP contribution in [-0.4, -0.2) is 38.1 Å². The molecule has 28 heavy (non-hydrogen) atoms. The first-order valence-corrected chi connectivity index (χ1v) is 9.85. The van der Waals surface area contributed by atoms with Gasteiger partial charge in [-0.15, -0.1) is 11.3 Å². The van der Waals surface area contributed by atoms with Crippen LogP contribution in [0.3, 0.4) is 0 Å². The molecule has 1 N–H and O–H groups in total. The lowest BCUT2D eigenvalue weighted by Crippen LogP contribution is -2.42. The van der Waals surface area contributed by atoms with Gasteiger partial charge in [-0.3, -0.25) is 4.79 Å². The molecule has 0 spiro atoms. The predicted octanol–water partition coefficient (Wildman–Crippen LogP) is 3.62. The van der Waals surface area contributed by atoms with Gasteiger partial charge in [-0.25, -0.2) is 4.79 Å². The molecule has 3 aromatic rings. The SMILES string of the molecule is CC(C(=O)O)N(Cc1ccccc1)C(=O)CCCc1nc(-c2cccs2)no1. The van der Waals surface area contributed by atoms with Crippen LogP contribution in [0.4, 0.5) is 0 Å². The number of aromatic nitrogens is 2. The highest BCUT2D eigenvalue weighted by Gasteiger charge is 2.25. The molecule has 2 aromatic heterocycles. The van der Waals surface area contributed by atoms with Crippen LogP contribution in [0.5, 0.6) is 0 Å². The van der Waals surface area contributed by atoms with E-state index in [1.165, 1.54) is 23.2 Å². The highest BCUT2D eigenvalue weighted by atomic mass is 32.1. The monoisotopic (exact) mass is 399 g/mol. The number of carbonyl (C=O) groups excluding carboxylic acids is 1. The Hall–Kier alpha value is -3.00. The van der Waals surface area contributed by atoms with Crippen LogP contribution in [0.25, 0.3) is 10.7 Å². The molecule has 1 aromatic carbocycles. The predicted molar refractivity (Wildman–Crippen MR) is 105 cm³/mol. The van der Waals surface area contributed by atoms with Crippen molar-refractivity contribution in [1.29, 1.82) is 0 Å². The number of carboxylic acid groups (broad SMARTS) is 1. The molecule has 0 saturated heterocycles. The van der Waals surface area contributed by atoms with Gasteiger partial charge in [0.05, 0.1) is 4.88 Å². The zero-order valence-electron chi connectivity index (χ0n) is 15.4. The van der Waals surface area contributed by atoms with Crippen LogP contribution in [-0.2, 0) is 22.6 Å². The van der Waals surface area contributed by atoms with E-state index < -0.39 is 12.0 Å². The summed E-state index contributed by atoms with van der Waals surface area (Å²) < 4.78 is 5.24. The van der Waals surface area contributed by atoms with Gasteiger partial charge in [0.1, 0.15) is 6.04 Å². The molecular formula is C20H21N3O4S. The molecule has 8 heteroatoms. The molecule has 1 atom stereocenters. The number of carboxylic acids is 1. The second-order valence-electron chi connectivity index (χ2n) is 6.36. The Morgan fingerprint density at radius 2 is 2.00 bits per heavy atom. The molecule has 0 fully saturated rings. The lowest BCUT2D eigenvalue weighted by molar-refractivity contribution is -0.150. The van der Waals surface area contributed by atoms with Crippen LogP contribution >= 0.6 is 11.3 Å². The molecule has 7 nitrogen and oxygen atoms in total. The van der Waals surface area contributed by atoms with Crippen molar-refractivity contribution in [2.75, 3.05) is 0 Å². The van der Waals surface area contributed by atoms with E-state index in [0.717, 1.165) is 10.4 Å². The van der Waals surface area contributed by atoms with E-state index in [-0.39, 0.29) is 18.9 Å². The van der Waals surface area contributed by atoms with Gasteiger partial charge in [0.2, 0.25) is 17.6 Å². The van der Waals surface area contributed by atoms with Crippen LogP contribution < -0.4 is 0 Å². The molecule has 1 unspecified atom stereocenters. The fourth-order valence-electron chi connectivity index (χ4n) is 2.75. The van der Waals surface area contributed by atoms with Crippen LogP contribution in [0.1, 0.15) is 31.2 Å². The Balaban J connectivity index is 1.58. The van der Waals surface area contributed by atoms with E-state index in [1.54, 1.807) is 0 Å².